The Morgan fingerprint density at radius 2 is 1.82 bits per heavy atom. The molecular formula is C16H15BrClNO3. The third-order valence-electron chi connectivity index (χ3n) is 2.86. The van der Waals surface area contributed by atoms with E-state index in [9.17, 15) is 9.59 Å². The first-order valence-electron chi connectivity index (χ1n) is 6.55. The molecule has 0 N–H and O–H groups in total. The lowest BCUT2D eigenvalue weighted by Gasteiger charge is -2.02. The normalized spacial score (nSPS) is 9.73. The number of ketones is 1. The summed E-state index contributed by atoms with van der Waals surface area (Å²) in [6, 6.07) is 10.6. The van der Waals surface area contributed by atoms with Crippen molar-refractivity contribution in [3.05, 3.63) is 64.4 Å². The minimum Gasteiger partial charge on any atom is -1.00 e. The quantitative estimate of drug-likeness (QED) is 0.407. The van der Waals surface area contributed by atoms with Crippen molar-refractivity contribution in [1.29, 1.82) is 0 Å². The predicted molar refractivity (Wildman–Crippen MR) is 81.1 cm³/mol. The van der Waals surface area contributed by atoms with Gasteiger partial charge in [-0.15, -0.1) is 0 Å². The average Bonchev–Trinajstić information content (AvgIpc) is 2.48. The second-order valence-electron chi connectivity index (χ2n) is 4.42. The zero-order valence-corrected chi connectivity index (χ0v) is 14.3. The number of esters is 1. The smallest absolute Gasteiger partial charge is 0.344 e. The summed E-state index contributed by atoms with van der Waals surface area (Å²) >= 11 is 3.33. The van der Waals surface area contributed by atoms with Crippen LogP contribution in [0.3, 0.4) is 0 Å². The van der Waals surface area contributed by atoms with Crippen molar-refractivity contribution in [3.63, 3.8) is 0 Å². The van der Waals surface area contributed by atoms with Gasteiger partial charge in [0.05, 0.1) is 6.61 Å². The highest BCUT2D eigenvalue weighted by molar-refractivity contribution is 9.10. The van der Waals surface area contributed by atoms with E-state index in [1.807, 2.05) is 12.1 Å². The number of halogens is 2. The van der Waals surface area contributed by atoms with Gasteiger partial charge in [0.1, 0.15) is 5.56 Å². The minimum absolute atomic E-state index is 0. The number of pyridine rings is 1. The van der Waals surface area contributed by atoms with Crippen LogP contribution in [0.5, 0.6) is 0 Å². The Morgan fingerprint density at radius 3 is 2.45 bits per heavy atom. The van der Waals surface area contributed by atoms with Crippen LogP contribution in [-0.2, 0) is 11.3 Å². The van der Waals surface area contributed by atoms with E-state index in [0.29, 0.717) is 17.7 Å². The highest BCUT2D eigenvalue weighted by Gasteiger charge is 2.15. The molecule has 0 aliphatic rings. The van der Waals surface area contributed by atoms with Gasteiger partial charge in [-0.1, -0.05) is 28.1 Å². The van der Waals surface area contributed by atoms with Gasteiger partial charge < -0.3 is 17.1 Å². The molecule has 0 saturated carbocycles. The summed E-state index contributed by atoms with van der Waals surface area (Å²) in [4.78, 5) is 23.8. The summed E-state index contributed by atoms with van der Waals surface area (Å²) in [5.74, 6) is -0.406. The monoisotopic (exact) mass is 383 g/mol. The van der Waals surface area contributed by atoms with Crippen LogP contribution >= 0.6 is 15.9 Å². The number of hydrogen-bond donors (Lipinski definition) is 0. The van der Waals surface area contributed by atoms with Crippen LogP contribution in [-0.4, -0.2) is 18.4 Å². The molecule has 1 heterocycles. The largest absolute Gasteiger partial charge is 1.00 e. The Labute approximate surface area is 143 Å². The minimum atomic E-state index is -0.386. The molecule has 22 heavy (non-hydrogen) atoms. The molecule has 0 aliphatic heterocycles. The number of rotatable bonds is 5. The maximum atomic E-state index is 12.2. The molecule has 116 valence electrons. The van der Waals surface area contributed by atoms with Gasteiger partial charge in [-0.2, -0.15) is 4.57 Å². The van der Waals surface area contributed by atoms with E-state index in [1.54, 1.807) is 48.1 Å². The maximum absolute atomic E-state index is 12.2. The zero-order valence-electron chi connectivity index (χ0n) is 12.0. The third kappa shape index (κ3) is 4.93. The summed E-state index contributed by atoms with van der Waals surface area (Å²) in [5, 5.41) is 0. The molecule has 0 radical (unpaired) electrons. The number of hydrogen-bond acceptors (Lipinski definition) is 3. The van der Waals surface area contributed by atoms with Crippen molar-refractivity contribution in [1.82, 2.24) is 0 Å². The Balaban J connectivity index is 0.00000242. The van der Waals surface area contributed by atoms with E-state index in [2.05, 4.69) is 15.9 Å². The van der Waals surface area contributed by atoms with Crippen molar-refractivity contribution in [2.45, 2.75) is 13.5 Å². The van der Waals surface area contributed by atoms with Crippen LogP contribution in [0.15, 0.2) is 53.3 Å². The molecule has 0 fully saturated rings. The fraction of sp³-hybridized carbons (Fsp3) is 0.188. The molecule has 6 heteroatoms. The lowest BCUT2D eigenvalue weighted by atomic mass is 10.1. The van der Waals surface area contributed by atoms with E-state index in [0.717, 1.165) is 4.47 Å². The van der Waals surface area contributed by atoms with Crippen molar-refractivity contribution in [3.8, 4) is 0 Å². The number of nitrogens with zero attached hydrogens (tertiary/aromatic N) is 1. The highest BCUT2D eigenvalue weighted by Crippen LogP contribution is 2.11. The van der Waals surface area contributed by atoms with Crippen LogP contribution < -0.4 is 17.0 Å². The third-order valence-corrected chi connectivity index (χ3v) is 3.39. The summed E-state index contributed by atoms with van der Waals surface area (Å²) in [5.41, 5.74) is 1.06. The van der Waals surface area contributed by atoms with Gasteiger partial charge in [0.15, 0.2) is 12.4 Å². The molecule has 0 saturated heterocycles. The number of benzene rings is 1. The molecule has 0 amide bonds. The zero-order chi connectivity index (χ0) is 15.2. The summed E-state index contributed by atoms with van der Waals surface area (Å²) in [6.07, 6.45) is 3.37. The van der Waals surface area contributed by atoms with E-state index >= 15 is 0 Å². The van der Waals surface area contributed by atoms with Gasteiger partial charge in [0.2, 0.25) is 12.3 Å². The van der Waals surface area contributed by atoms with Crippen molar-refractivity contribution >= 4 is 27.7 Å². The van der Waals surface area contributed by atoms with Gasteiger partial charge in [0, 0.05) is 16.1 Å². The van der Waals surface area contributed by atoms with Crippen LogP contribution in [0.2, 0.25) is 0 Å². The molecule has 0 unspecified atom stereocenters. The van der Waals surface area contributed by atoms with Gasteiger partial charge >= 0.3 is 5.97 Å². The SMILES string of the molecule is CCOC(=O)c1ccc[n+](CC(=O)c2ccc(Br)cc2)c1.[Cl-]. The van der Waals surface area contributed by atoms with Gasteiger partial charge in [-0.05, 0) is 25.1 Å². The van der Waals surface area contributed by atoms with Crippen molar-refractivity contribution in [2.75, 3.05) is 6.61 Å². The van der Waals surface area contributed by atoms with E-state index in [4.69, 9.17) is 4.74 Å². The van der Waals surface area contributed by atoms with Crippen molar-refractivity contribution in [2.24, 2.45) is 0 Å². The molecule has 0 spiro atoms. The van der Waals surface area contributed by atoms with Gasteiger partial charge in [-0.3, -0.25) is 4.79 Å². The molecule has 4 nitrogen and oxygen atoms in total. The predicted octanol–water partition coefficient (Wildman–Crippen LogP) is -0.200. The lowest BCUT2D eigenvalue weighted by molar-refractivity contribution is -0.683. The van der Waals surface area contributed by atoms with Crippen LogP contribution in [0.4, 0.5) is 0 Å². The first kappa shape index (κ1) is 18.3. The molecule has 0 bridgehead atoms. The van der Waals surface area contributed by atoms with E-state index in [1.165, 1.54) is 0 Å². The number of Topliss-reactive ketones (excluding diaryl/α,β-unsaturated/α-hetero) is 1. The lowest BCUT2D eigenvalue weighted by Crippen LogP contribution is -3.00. The average molecular weight is 385 g/mol. The first-order chi connectivity index (χ1) is 10.1. The maximum Gasteiger partial charge on any atom is 0.344 e. The standard InChI is InChI=1S/C16H15BrNO3.ClH/c1-2-21-16(20)13-4-3-9-18(10-13)11-15(19)12-5-7-14(17)8-6-12;/h3-10H,2,11H2,1H3;1H/q+1;/p-1. The second-order valence-corrected chi connectivity index (χ2v) is 5.33. The summed E-state index contributed by atoms with van der Waals surface area (Å²) in [7, 11) is 0. The van der Waals surface area contributed by atoms with Gasteiger partial charge in [-0.25, -0.2) is 4.79 Å². The number of carbonyl (C=O) groups excluding carboxylic acids is 2. The number of carbonyl (C=O) groups is 2. The summed E-state index contributed by atoms with van der Waals surface area (Å²) < 4.78 is 7.55. The topological polar surface area (TPSA) is 47.2 Å². The Hall–Kier alpha value is -1.72. The van der Waals surface area contributed by atoms with Crippen LogP contribution in [0.25, 0.3) is 0 Å². The van der Waals surface area contributed by atoms with Crippen molar-refractivity contribution < 1.29 is 31.3 Å². The molecule has 0 aliphatic carbocycles. The van der Waals surface area contributed by atoms with E-state index in [-0.39, 0.29) is 30.7 Å². The second kappa shape index (κ2) is 8.66. The Kier molecular flexibility index (Phi) is 7.21. The molecule has 0 atom stereocenters. The molecule has 2 aromatic rings. The fourth-order valence-electron chi connectivity index (χ4n) is 1.85. The molecular weight excluding hydrogens is 370 g/mol. The van der Waals surface area contributed by atoms with E-state index < -0.39 is 0 Å². The Morgan fingerprint density at radius 1 is 1.14 bits per heavy atom. The first-order valence-corrected chi connectivity index (χ1v) is 7.34. The molecule has 1 aromatic carbocycles. The fourth-order valence-corrected chi connectivity index (χ4v) is 2.11. The van der Waals surface area contributed by atoms with Crippen LogP contribution in [0, 0.1) is 0 Å². The number of ether oxygens (including phenoxy) is 1. The van der Waals surface area contributed by atoms with Crippen LogP contribution in [0.1, 0.15) is 27.6 Å². The highest BCUT2D eigenvalue weighted by atomic mass is 79.9. The molecule has 2 rings (SSSR count). The van der Waals surface area contributed by atoms with Gasteiger partial charge in [0.25, 0.3) is 0 Å². The number of aromatic nitrogens is 1. The Bertz CT molecular complexity index is 659. The summed E-state index contributed by atoms with van der Waals surface area (Å²) in [6.45, 7) is 2.26. The molecule has 1 aromatic heterocycles.